The molecule has 16 heavy (non-hydrogen) atoms. The van der Waals surface area contributed by atoms with Crippen LogP contribution in [0.1, 0.15) is 25.8 Å². The number of aryl methyl sites for hydroxylation is 1. The van der Waals surface area contributed by atoms with Crippen LogP contribution in [0.4, 0.5) is 5.82 Å². The van der Waals surface area contributed by atoms with E-state index < -0.39 is 0 Å². The number of thiocarbonyl (C=S) groups is 1. The van der Waals surface area contributed by atoms with Crippen LogP contribution in [0.2, 0.25) is 0 Å². The molecule has 2 N–H and O–H groups in total. The molecule has 0 spiro atoms. The lowest BCUT2D eigenvalue weighted by atomic mass is 10.2. The van der Waals surface area contributed by atoms with E-state index in [0.717, 1.165) is 18.8 Å². The number of anilines is 1. The van der Waals surface area contributed by atoms with Crippen molar-refractivity contribution in [2.75, 3.05) is 11.4 Å². The fraction of sp³-hybridized carbons (Fsp3) is 0.500. The number of hydrogen-bond donors (Lipinski definition) is 1. The summed E-state index contributed by atoms with van der Waals surface area (Å²) in [6, 6.07) is 4.47. The van der Waals surface area contributed by atoms with Gasteiger partial charge in [0, 0.05) is 25.2 Å². The smallest absolute Gasteiger partial charge is 0.128 e. The first kappa shape index (κ1) is 12.9. The predicted octanol–water partition coefficient (Wildman–Crippen LogP) is 2.28. The topological polar surface area (TPSA) is 42.2 Å². The van der Waals surface area contributed by atoms with Crippen LogP contribution in [0, 0.1) is 6.92 Å². The van der Waals surface area contributed by atoms with E-state index >= 15 is 0 Å². The molecule has 0 amide bonds. The largest absolute Gasteiger partial charge is 0.393 e. The second-order valence-electron chi connectivity index (χ2n) is 4.19. The molecule has 1 aromatic heterocycles. The maximum Gasteiger partial charge on any atom is 0.128 e. The zero-order valence-corrected chi connectivity index (χ0v) is 10.9. The average Bonchev–Trinajstić information content (AvgIpc) is 2.17. The molecule has 1 aromatic rings. The number of aromatic nitrogens is 1. The molecular formula is C12H19N3S. The normalized spacial score (nSPS) is 10.5. The molecule has 0 saturated heterocycles. The van der Waals surface area contributed by atoms with Gasteiger partial charge >= 0.3 is 0 Å². The van der Waals surface area contributed by atoms with Crippen molar-refractivity contribution in [3.8, 4) is 0 Å². The Morgan fingerprint density at radius 2 is 2.25 bits per heavy atom. The third-order valence-corrected chi connectivity index (χ3v) is 2.62. The van der Waals surface area contributed by atoms with Gasteiger partial charge in [-0.1, -0.05) is 12.2 Å². The van der Waals surface area contributed by atoms with E-state index in [2.05, 4.69) is 36.7 Å². The van der Waals surface area contributed by atoms with Crippen LogP contribution in [0.15, 0.2) is 18.3 Å². The van der Waals surface area contributed by atoms with Crippen molar-refractivity contribution in [2.45, 2.75) is 33.2 Å². The van der Waals surface area contributed by atoms with Gasteiger partial charge in [0.2, 0.25) is 0 Å². The van der Waals surface area contributed by atoms with E-state index in [4.69, 9.17) is 18.0 Å². The van der Waals surface area contributed by atoms with E-state index in [1.54, 1.807) is 0 Å². The van der Waals surface area contributed by atoms with E-state index in [-0.39, 0.29) is 0 Å². The molecule has 0 aliphatic carbocycles. The van der Waals surface area contributed by atoms with Crippen LogP contribution >= 0.6 is 12.2 Å². The molecule has 0 unspecified atom stereocenters. The Labute approximate surface area is 103 Å². The van der Waals surface area contributed by atoms with Gasteiger partial charge in [-0.15, -0.1) is 0 Å². The fourth-order valence-electron chi connectivity index (χ4n) is 1.55. The van der Waals surface area contributed by atoms with Crippen LogP contribution in [0.25, 0.3) is 0 Å². The summed E-state index contributed by atoms with van der Waals surface area (Å²) in [6.07, 6.45) is 2.56. The van der Waals surface area contributed by atoms with Crippen molar-refractivity contribution in [1.29, 1.82) is 0 Å². The number of nitrogens with two attached hydrogens (primary N) is 1. The summed E-state index contributed by atoms with van der Waals surface area (Å²) in [5, 5.41) is 0. The Bertz CT molecular complexity index is 363. The lowest BCUT2D eigenvalue weighted by Crippen LogP contribution is -2.34. The Kier molecular flexibility index (Phi) is 4.68. The lowest BCUT2D eigenvalue weighted by Gasteiger charge is -2.27. The van der Waals surface area contributed by atoms with Crippen LogP contribution in [0.3, 0.4) is 0 Å². The summed E-state index contributed by atoms with van der Waals surface area (Å²) in [5.41, 5.74) is 6.75. The summed E-state index contributed by atoms with van der Waals surface area (Å²) >= 11 is 4.91. The van der Waals surface area contributed by atoms with Gasteiger partial charge in [-0.25, -0.2) is 4.98 Å². The summed E-state index contributed by atoms with van der Waals surface area (Å²) in [4.78, 5) is 7.15. The molecule has 0 fully saturated rings. The van der Waals surface area contributed by atoms with Gasteiger partial charge in [0.15, 0.2) is 0 Å². The minimum atomic E-state index is 0.392. The van der Waals surface area contributed by atoms with Crippen LogP contribution in [-0.4, -0.2) is 22.6 Å². The first-order chi connectivity index (χ1) is 7.50. The Morgan fingerprint density at radius 3 is 2.75 bits per heavy atom. The van der Waals surface area contributed by atoms with Crippen molar-refractivity contribution in [2.24, 2.45) is 5.73 Å². The molecule has 88 valence electrons. The number of pyridine rings is 1. The summed E-state index contributed by atoms with van der Waals surface area (Å²) < 4.78 is 0. The fourth-order valence-corrected chi connectivity index (χ4v) is 1.64. The van der Waals surface area contributed by atoms with Gasteiger partial charge in [-0.2, -0.15) is 0 Å². The first-order valence-corrected chi connectivity index (χ1v) is 5.89. The Hall–Kier alpha value is -1.16. The zero-order chi connectivity index (χ0) is 12.1. The van der Waals surface area contributed by atoms with E-state index in [9.17, 15) is 0 Å². The van der Waals surface area contributed by atoms with Gasteiger partial charge in [0.25, 0.3) is 0 Å². The maximum atomic E-state index is 5.53. The van der Waals surface area contributed by atoms with Crippen LogP contribution in [-0.2, 0) is 0 Å². The molecule has 0 bridgehead atoms. The van der Waals surface area contributed by atoms with Crippen LogP contribution in [0.5, 0.6) is 0 Å². The van der Waals surface area contributed by atoms with Gasteiger partial charge in [-0.3, -0.25) is 0 Å². The molecule has 0 atom stereocenters. The third kappa shape index (κ3) is 3.77. The summed E-state index contributed by atoms with van der Waals surface area (Å²) in [6.45, 7) is 7.17. The number of hydrogen-bond acceptors (Lipinski definition) is 3. The minimum absolute atomic E-state index is 0.392. The zero-order valence-electron chi connectivity index (χ0n) is 10.1. The van der Waals surface area contributed by atoms with Crippen molar-refractivity contribution in [3.05, 3.63) is 23.9 Å². The lowest BCUT2D eigenvalue weighted by molar-refractivity contribution is 0.681. The molecule has 3 nitrogen and oxygen atoms in total. The monoisotopic (exact) mass is 237 g/mol. The van der Waals surface area contributed by atoms with Gasteiger partial charge in [0.1, 0.15) is 5.82 Å². The molecule has 1 rings (SSSR count). The predicted molar refractivity (Wildman–Crippen MR) is 72.9 cm³/mol. The van der Waals surface area contributed by atoms with Gasteiger partial charge in [-0.05, 0) is 38.5 Å². The highest BCUT2D eigenvalue weighted by atomic mass is 32.1. The molecular weight excluding hydrogens is 218 g/mol. The van der Waals surface area contributed by atoms with Crippen molar-refractivity contribution < 1.29 is 0 Å². The highest BCUT2D eigenvalue weighted by Crippen LogP contribution is 2.15. The maximum absolute atomic E-state index is 5.53. The standard InChI is InChI=1S/C12H19N3S/c1-9(2)15(7-5-11(13)16)12-8-10(3)4-6-14-12/h4,6,8-9H,5,7H2,1-3H3,(H2,13,16). The van der Waals surface area contributed by atoms with E-state index in [1.165, 1.54) is 5.56 Å². The number of rotatable bonds is 5. The van der Waals surface area contributed by atoms with Crippen LogP contribution < -0.4 is 10.6 Å². The third-order valence-electron chi connectivity index (χ3n) is 2.42. The second kappa shape index (κ2) is 5.80. The summed E-state index contributed by atoms with van der Waals surface area (Å²) in [5.74, 6) is 0.992. The molecule has 0 radical (unpaired) electrons. The molecule has 0 aliphatic heterocycles. The molecule has 1 heterocycles. The number of nitrogens with zero attached hydrogens (tertiary/aromatic N) is 2. The quantitative estimate of drug-likeness (QED) is 0.798. The Balaban J connectivity index is 2.81. The molecule has 0 saturated carbocycles. The minimum Gasteiger partial charge on any atom is -0.393 e. The molecule has 4 heteroatoms. The van der Waals surface area contributed by atoms with Crippen molar-refractivity contribution >= 4 is 23.0 Å². The van der Waals surface area contributed by atoms with Crippen molar-refractivity contribution in [1.82, 2.24) is 4.98 Å². The van der Waals surface area contributed by atoms with E-state index in [1.807, 2.05) is 12.3 Å². The van der Waals surface area contributed by atoms with Gasteiger partial charge < -0.3 is 10.6 Å². The summed E-state index contributed by atoms with van der Waals surface area (Å²) in [7, 11) is 0. The Morgan fingerprint density at radius 1 is 1.56 bits per heavy atom. The first-order valence-electron chi connectivity index (χ1n) is 5.48. The SMILES string of the molecule is Cc1ccnc(N(CCC(N)=S)C(C)C)c1. The van der Waals surface area contributed by atoms with E-state index in [0.29, 0.717) is 11.0 Å². The molecule has 0 aliphatic rings. The second-order valence-corrected chi connectivity index (χ2v) is 4.72. The molecule has 0 aromatic carbocycles. The highest BCUT2D eigenvalue weighted by Gasteiger charge is 2.11. The van der Waals surface area contributed by atoms with Gasteiger partial charge in [0.05, 0.1) is 4.99 Å². The average molecular weight is 237 g/mol. The highest BCUT2D eigenvalue weighted by molar-refractivity contribution is 7.80. The van der Waals surface area contributed by atoms with Crippen molar-refractivity contribution in [3.63, 3.8) is 0 Å².